The summed E-state index contributed by atoms with van der Waals surface area (Å²) >= 11 is 6.09. The molecule has 1 N–H and O–H groups in total. The second kappa shape index (κ2) is 7.11. The number of carbonyl (C=O) groups is 1. The molecule has 104 valence electrons. The maximum Gasteiger partial charge on any atom is 0.227 e. The fraction of sp³-hybridized carbons (Fsp3) is 0.235. The van der Waals surface area contributed by atoms with Gasteiger partial charge in [-0.2, -0.15) is 0 Å². The number of hydrogen-bond acceptors (Lipinski definition) is 1. The zero-order valence-corrected chi connectivity index (χ0v) is 12.2. The second-order valence-corrected chi connectivity index (χ2v) is 5.09. The molecule has 0 aliphatic heterocycles. The van der Waals surface area contributed by atoms with Crippen molar-refractivity contribution in [3.8, 4) is 0 Å². The summed E-state index contributed by atoms with van der Waals surface area (Å²) in [6.45, 7) is 2.48. The van der Waals surface area contributed by atoms with Crippen LogP contribution in [-0.2, 0) is 11.3 Å². The van der Waals surface area contributed by atoms with Crippen LogP contribution in [0.2, 0.25) is 5.02 Å². The van der Waals surface area contributed by atoms with Gasteiger partial charge in [0.15, 0.2) is 0 Å². The van der Waals surface area contributed by atoms with Crippen LogP contribution in [0.1, 0.15) is 30.4 Å². The molecule has 0 heterocycles. The molecular weight excluding hydrogens is 270 g/mol. The summed E-state index contributed by atoms with van der Waals surface area (Å²) in [7, 11) is 0. The Morgan fingerprint density at radius 1 is 1.10 bits per heavy atom. The van der Waals surface area contributed by atoms with Crippen LogP contribution in [0.15, 0.2) is 54.6 Å². The zero-order chi connectivity index (χ0) is 14.4. The van der Waals surface area contributed by atoms with E-state index in [9.17, 15) is 4.79 Å². The van der Waals surface area contributed by atoms with E-state index in [4.69, 9.17) is 11.6 Å². The third-order valence-corrected chi connectivity index (χ3v) is 3.71. The third-order valence-electron chi connectivity index (χ3n) is 3.34. The van der Waals surface area contributed by atoms with Gasteiger partial charge in [0, 0.05) is 11.6 Å². The lowest BCUT2D eigenvalue weighted by Gasteiger charge is -2.15. The highest BCUT2D eigenvalue weighted by molar-refractivity contribution is 6.31. The van der Waals surface area contributed by atoms with Crippen molar-refractivity contribution in [2.75, 3.05) is 0 Å². The highest BCUT2D eigenvalue weighted by atomic mass is 35.5. The summed E-state index contributed by atoms with van der Waals surface area (Å²) in [5, 5.41) is 3.65. The van der Waals surface area contributed by atoms with Crippen LogP contribution in [0.25, 0.3) is 0 Å². The fourth-order valence-electron chi connectivity index (χ4n) is 2.21. The minimum Gasteiger partial charge on any atom is -0.351 e. The van der Waals surface area contributed by atoms with Crippen molar-refractivity contribution in [1.82, 2.24) is 5.32 Å². The number of benzene rings is 2. The molecule has 0 unspecified atom stereocenters. The Labute approximate surface area is 124 Å². The standard InChI is InChI=1S/C17H18ClNO/c1-2-15(13-8-4-3-5-9-13)17(20)19-12-14-10-6-7-11-16(14)18/h3-11,15H,2,12H2,1H3,(H,19,20)/t15-/m0/s1. The summed E-state index contributed by atoms with van der Waals surface area (Å²) in [5.74, 6) is -0.0719. The van der Waals surface area contributed by atoms with Gasteiger partial charge in [0.2, 0.25) is 5.91 Å². The first kappa shape index (κ1) is 14.6. The average molecular weight is 288 g/mol. The molecule has 2 rings (SSSR count). The minimum atomic E-state index is -0.112. The number of hydrogen-bond donors (Lipinski definition) is 1. The predicted octanol–water partition coefficient (Wildman–Crippen LogP) is 4.15. The van der Waals surface area contributed by atoms with E-state index in [1.165, 1.54) is 0 Å². The topological polar surface area (TPSA) is 29.1 Å². The van der Waals surface area contributed by atoms with Crippen LogP contribution in [0.5, 0.6) is 0 Å². The molecule has 2 aromatic rings. The summed E-state index contributed by atoms with van der Waals surface area (Å²) in [5.41, 5.74) is 1.98. The third kappa shape index (κ3) is 3.61. The Morgan fingerprint density at radius 3 is 2.40 bits per heavy atom. The van der Waals surface area contributed by atoms with Gasteiger partial charge in [0.25, 0.3) is 0 Å². The van der Waals surface area contributed by atoms with Crippen molar-refractivity contribution in [2.45, 2.75) is 25.8 Å². The highest BCUT2D eigenvalue weighted by Gasteiger charge is 2.18. The van der Waals surface area contributed by atoms with Crippen molar-refractivity contribution in [3.05, 3.63) is 70.7 Å². The van der Waals surface area contributed by atoms with Gasteiger partial charge < -0.3 is 5.32 Å². The molecule has 2 nitrogen and oxygen atoms in total. The average Bonchev–Trinajstić information content (AvgIpc) is 2.48. The summed E-state index contributed by atoms with van der Waals surface area (Å²) in [6, 6.07) is 17.4. The molecule has 0 fully saturated rings. The molecule has 0 spiro atoms. The Bertz CT molecular complexity index is 568. The van der Waals surface area contributed by atoms with Crippen molar-refractivity contribution in [2.24, 2.45) is 0 Å². The lowest BCUT2D eigenvalue weighted by Crippen LogP contribution is -2.28. The van der Waals surface area contributed by atoms with E-state index in [1.54, 1.807) is 0 Å². The van der Waals surface area contributed by atoms with Gasteiger partial charge in [-0.15, -0.1) is 0 Å². The molecule has 0 saturated heterocycles. The molecule has 0 saturated carbocycles. The first-order valence-corrected chi connectivity index (χ1v) is 7.16. The first-order chi connectivity index (χ1) is 9.72. The zero-order valence-electron chi connectivity index (χ0n) is 11.5. The molecule has 20 heavy (non-hydrogen) atoms. The maximum atomic E-state index is 12.3. The lowest BCUT2D eigenvalue weighted by atomic mass is 9.95. The van der Waals surface area contributed by atoms with Crippen LogP contribution < -0.4 is 5.32 Å². The van der Waals surface area contributed by atoms with Gasteiger partial charge in [-0.25, -0.2) is 0 Å². The van der Waals surface area contributed by atoms with Crippen LogP contribution >= 0.6 is 11.6 Å². The monoisotopic (exact) mass is 287 g/mol. The van der Waals surface area contributed by atoms with Gasteiger partial charge >= 0.3 is 0 Å². The summed E-state index contributed by atoms with van der Waals surface area (Å²) in [4.78, 5) is 12.3. The normalized spacial score (nSPS) is 11.9. The largest absolute Gasteiger partial charge is 0.351 e. The number of rotatable bonds is 5. The quantitative estimate of drug-likeness (QED) is 0.879. The van der Waals surface area contributed by atoms with E-state index in [0.717, 1.165) is 17.5 Å². The van der Waals surface area contributed by atoms with Crippen LogP contribution in [0.3, 0.4) is 0 Å². The Kier molecular flexibility index (Phi) is 5.19. The van der Waals surface area contributed by atoms with Crippen LogP contribution in [0, 0.1) is 0 Å². The van der Waals surface area contributed by atoms with Crippen LogP contribution in [-0.4, -0.2) is 5.91 Å². The first-order valence-electron chi connectivity index (χ1n) is 6.78. The molecule has 0 radical (unpaired) electrons. The van der Waals surface area contributed by atoms with Crippen molar-refractivity contribution in [3.63, 3.8) is 0 Å². The number of nitrogens with one attached hydrogen (secondary N) is 1. The van der Waals surface area contributed by atoms with Crippen LogP contribution in [0.4, 0.5) is 0 Å². The maximum absolute atomic E-state index is 12.3. The smallest absolute Gasteiger partial charge is 0.227 e. The van der Waals surface area contributed by atoms with Gasteiger partial charge in [-0.3, -0.25) is 4.79 Å². The molecule has 0 aromatic heterocycles. The Morgan fingerprint density at radius 2 is 1.75 bits per heavy atom. The van der Waals surface area contributed by atoms with Gasteiger partial charge in [0.1, 0.15) is 0 Å². The second-order valence-electron chi connectivity index (χ2n) is 4.68. The predicted molar refractivity (Wildman–Crippen MR) is 82.8 cm³/mol. The van der Waals surface area contributed by atoms with Crippen molar-refractivity contribution >= 4 is 17.5 Å². The van der Waals surface area contributed by atoms with Gasteiger partial charge in [0.05, 0.1) is 5.92 Å². The SMILES string of the molecule is CC[C@H](C(=O)NCc1ccccc1Cl)c1ccccc1. The van der Waals surface area contributed by atoms with E-state index in [1.807, 2.05) is 61.5 Å². The molecule has 1 amide bonds. The van der Waals surface area contributed by atoms with Crippen molar-refractivity contribution in [1.29, 1.82) is 0 Å². The Hall–Kier alpha value is -1.80. The molecule has 0 bridgehead atoms. The molecule has 1 atom stereocenters. The van der Waals surface area contributed by atoms with E-state index in [-0.39, 0.29) is 11.8 Å². The minimum absolute atomic E-state index is 0.0404. The number of halogens is 1. The van der Waals surface area contributed by atoms with Gasteiger partial charge in [-0.05, 0) is 23.6 Å². The lowest BCUT2D eigenvalue weighted by molar-refractivity contribution is -0.122. The summed E-state index contributed by atoms with van der Waals surface area (Å²) < 4.78 is 0. The number of amides is 1. The molecule has 0 aliphatic carbocycles. The fourth-order valence-corrected chi connectivity index (χ4v) is 2.41. The number of carbonyl (C=O) groups excluding carboxylic acids is 1. The molecular formula is C17H18ClNO. The van der Waals surface area contributed by atoms with E-state index in [0.29, 0.717) is 11.6 Å². The molecule has 0 aliphatic rings. The van der Waals surface area contributed by atoms with E-state index >= 15 is 0 Å². The Balaban J connectivity index is 2.02. The summed E-state index contributed by atoms with van der Waals surface area (Å²) in [6.07, 6.45) is 0.776. The van der Waals surface area contributed by atoms with Crippen molar-refractivity contribution < 1.29 is 4.79 Å². The molecule has 3 heteroatoms. The van der Waals surface area contributed by atoms with Gasteiger partial charge in [-0.1, -0.05) is 67.1 Å². The highest BCUT2D eigenvalue weighted by Crippen LogP contribution is 2.20. The molecule has 2 aromatic carbocycles. The van der Waals surface area contributed by atoms with E-state index < -0.39 is 0 Å². The van der Waals surface area contributed by atoms with E-state index in [2.05, 4.69) is 5.32 Å².